The Morgan fingerprint density at radius 3 is 2.39 bits per heavy atom. The molecule has 0 spiro atoms. The van der Waals surface area contributed by atoms with E-state index in [9.17, 15) is 20.1 Å². The van der Waals surface area contributed by atoms with Gasteiger partial charge in [0.1, 0.15) is 6.61 Å². The van der Waals surface area contributed by atoms with Crippen molar-refractivity contribution in [2.45, 2.75) is 96.4 Å². The Morgan fingerprint density at radius 1 is 1.04 bits per heavy atom. The average molecular weight is 397 g/mol. The second-order valence-corrected chi connectivity index (χ2v) is 7.98. The van der Waals surface area contributed by atoms with Crippen LogP contribution < -0.4 is 0 Å². The first-order valence-corrected chi connectivity index (χ1v) is 10.9. The normalized spacial score (nSPS) is 26.3. The highest BCUT2D eigenvalue weighted by atomic mass is 16.5. The van der Waals surface area contributed by atoms with Gasteiger partial charge in [-0.2, -0.15) is 0 Å². The second kappa shape index (κ2) is 14.8. The fraction of sp³-hybridized carbons (Fsp3) is 0.783. The molecule has 162 valence electrons. The second-order valence-electron chi connectivity index (χ2n) is 7.98. The van der Waals surface area contributed by atoms with E-state index in [0.717, 1.165) is 51.4 Å². The number of ether oxygens (including phenoxy) is 1. The van der Waals surface area contributed by atoms with Crippen molar-refractivity contribution in [3.63, 3.8) is 0 Å². The predicted octanol–water partition coefficient (Wildman–Crippen LogP) is 3.91. The van der Waals surface area contributed by atoms with Crippen LogP contribution in [0.4, 0.5) is 0 Å². The Hall–Kier alpha value is -1.17. The first-order chi connectivity index (χ1) is 13.5. The van der Waals surface area contributed by atoms with Crippen molar-refractivity contribution < 1.29 is 24.9 Å². The summed E-state index contributed by atoms with van der Waals surface area (Å²) in [7, 11) is 0. The molecule has 1 rings (SSSR count). The van der Waals surface area contributed by atoms with Crippen LogP contribution in [0.5, 0.6) is 0 Å². The summed E-state index contributed by atoms with van der Waals surface area (Å²) >= 11 is 0. The zero-order valence-corrected chi connectivity index (χ0v) is 17.6. The third kappa shape index (κ3) is 10.4. The van der Waals surface area contributed by atoms with E-state index in [1.807, 2.05) is 12.2 Å². The van der Waals surface area contributed by atoms with E-state index in [1.54, 1.807) is 0 Å². The zero-order chi connectivity index (χ0) is 20.8. The highest BCUT2D eigenvalue weighted by Crippen LogP contribution is 2.38. The Balaban J connectivity index is 2.31. The molecule has 1 fully saturated rings. The molecule has 0 saturated heterocycles. The smallest absolute Gasteiger partial charge is 0.302 e. The summed E-state index contributed by atoms with van der Waals surface area (Å²) in [5, 5.41) is 30.8. The molecule has 3 N–H and O–H groups in total. The number of hydrogen-bond acceptors (Lipinski definition) is 5. The number of rotatable bonds is 14. The summed E-state index contributed by atoms with van der Waals surface area (Å²) in [5.74, 6) is -0.150. The predicted molar refractivity (Wildman–Crippen MR) is 112 cm³/mol. The van der Waals surface area contributed by atoms with Gasteiger partial charge in [-0.1, -0.05) is 50.5 Å². The number of carbonyl (C=O) groups is 1. The van der Waals surface area contributed by atoms with Gasteiger partial charge in [-0.25, -0.2) is 0 Å². The molecule has 1 aliphatic rings. The summed E-state index contributed by atoms with van der Waals surface area (Å²) in [5.41, 5.74) is 0. The molecule has 5 nitrogen and oxygen atoms in total. The molecular formula is C23H40O5. The molecule has 0 amide bonds. The fourth-order valence-electron chi connectivity index (χ4n) is 3.98. The number of aliphatic hydroxyl groups is 3. The van der Waals surface area contributed by atoms with Crippen molar-refractivity contribution in [1.82, 2.24) is 0 Å². The van der Waals surface area contributed by atoms with Crippen LogP contribution in [0.3, 0.4) is 0 Å². The lowest BCUT2D eigenvalue weighted by Crippen LogP contribution is -2.23. The molecule has 1 saturated carbocycles. The summed E-state index contributed by atoms with van der Waals surface area (Å²) in [6, 6.07) is 0. The van der Waals surface area contributed by atoms with Gasteiger partial charge in [0.05, 0.1) is 18.3 Å². The minimum Gasteiger partial charge on any atom is -0.462 e. The van der Waals surface area contributed by atoms with Gasteiger partial charge in [-0.3, -0.25) is 4.79 Å². The van der Waals surface area contributed by atoms with Crippen molar-refractivity contribution in [3.8, 4) is 0 Å². The van der Waals surface area contributed by atoms with Gasteiger partial charge < -0.3 is 20.1 Å². The quantitative estimate of drug-likeness (QED) is 0.235. The largest absolute Gasteiger partial charge is 0.462 e. The van der Waals surface area contributed by atoms with Gasteiger partial charge in [0.15, 0.2) is 0 Å². The molecule has 5 heteroatoms. The molecule has 0 unspecified atom stereocenters. The van der Waals surface area contributed by atoms with Crippen LogP contribution >= 0.6 is 0 Å². The van der Waals surface area contributed by atoms with Crippen LogP contribution in [-0.4, -0.2) is 46.2 Å². The maximum absolute atomic E-state index is 10.6. The standard InChI is InChI=1S/C23H40O5/c1-3-4-9-12-19(25)14-15-21-20(22(26)17-23(21)27)13-10-7-5-6-8-11-16-28-18(2)24/h7-8,10-11,19-23,25-27H,3-6,9,12-17H2,1-2H3/b10-7-,11-8?/t19-,20+,21+,22-,23+/m0/s1. The van der Waals surface area contributed by atoms with Gasteiger partial charge in [0.2, 0.25) is 0 Å². The molecule has 0 aromatic rings. The number of allylic oxidation sites excluding steroid dienone is 3. The Kier molecular flexibility index (Phi) is 13.1. The molecule has 0 aromatic heterocycles. The highest BCUT2D eigenvalue weighted by molar-refractivity contribution is 5.65. The third-order valence-corrected chi connectivity index (χ3v) is 5.62. The Morgan fingerprint density at radius 2 is 1.71 bits per heavy atom. The van der Waals surface area contributed by atoms with Crippen molar-refractivity contribution in [2.75, 3.05) is 6.61 Å². The summed E-state index contributed by atoms with van der Waals surface area (Å²) in [6.45, 7) is 3.86. The molecule has 0 radical (unpaired) electrons. The minimum atomic E-state index is -0.472. The molecule has 28 heavy (non-hydrogen) atoms. The van der Waals surface area contributed by atoms with E-state index in [2.05, 4.69) is 19.1 Å². The fourth-order valence-corrected chi connectivity index (χ4v) is 3.98. The van der Waals surface area contributed by atoms with Gasteiger partial charge in [-0.15, -0.1) is 0 Å². The lowest BCUT2D eigenvalue weighted by Gasteiger charge is -2.23. The molecule has 1 aliphatic carbocycles. The number of carbonyl (C=O) groups excluding carboxylic acids is 1. The van der Waals surface area contributed by atoms with Gasteiger partial charge in [0.25, 0.3) is 0 Å². The van der Waals surface area contributed by atoms with Gasteiger partial charge >= 0.3 is 5.97 Å². The van der Waals surface area contributed by atoms with Gasteiger partial charge in [0, 0.05) is 6.92 Å². The zero-order valence-electron chi connectivity index (χ0n) is 17.6. The third-order valence-electron chi connectivity index (χ3n) is 5.62. The van der Waals surface area contributed by atoms with Crippen molar-refractivity contribution in [1.29, 1.82) is 0 Å². The number of hydrogen-bond donors (Lipinski definition) is 3. The van der Waals surface area contributed by atoms with Crippen LogP contribution in [0, 0.1) is 11.8 Å². The average Bonchev–Trinajstić information content (AvgIpc) is 2.91. The molecule has 5 atom stereocenters. The van der Waals surface area contributed by atoms with Crippen molar-refractivity contribution in [3.05, 3.63) is 24.3 Å². The van der Waals surface area contributed by atoms with E-state index in [1.165, 1.54) is 6.92 Å². The lowest BCUT2D eigenvalue weighted by atomic mass is 9.85. The van der Waals surface area contributed by atoms with Crippen LogP contribution in [-0.2, 0) is 9.53 Å². The highest BCUT2D eigenvalue weighted by Gasteiger charge is 2.40. The van der Waals surface area contributed by atoms with Crippen LogP contribution in [0.25, 0.3) is 0 Å². The van der Waals surface area contributed by atoms with E-state index < -0.39 is 12.2 Å². The van der Waals surface area contributed by atoms with Crippen LogP contribution in [0.15, 0.2) is 24.3 Å². The monoisotopic (exact) mass is 396 g/mol. The van der Waals surface area contributed by atoms with E-state index in [0.29, 0.717) is 19.4 Å². The van der Waals surface area contributed by atoms with E-state index >= 15 is 0 Å². The number of unbranched alkanes of at least 4 members (excludes halogenated alkanes) is 3. The molecule has 0 aliphatic heterocycles. The van der Waals surface area contributed by atoms with Crippen molar-refractivity contribution >= 4 is 5.97 Å². The van der Waals surface area contributed by atoms with E-state index in [4.69, 9.17) is 4.74 Å². The first kappa shape index (κ1) is 24.9. The molecule has 0 aromatic carbocycles. The van der Waals surface area contributed by atoms with E-state index in [-0.39, 0.29) is 23.9 Å². The summed E-state index contributed by atoms with van der Waals surface area (Å²) in [6.07, 6.45) is 15.4. The van der Waals surface area contributed by atoms with Crippen molar-refractivity contribution in [2.24, 2.45) is 11.8 Å². The molecule has 0 bridgehead atoms. The Bertz CT molecular complexity index is 474. The van der Waals surface area contributed by atoms with Crippen LogP contribution in [0.2, 0.25) is 0 Å². The summed E-state index contributed by atoms with van der Waals surface area (Å²) in [4.78, 5) is 10.6. The number of aliphatic hydroxyl groups excluding tert-OH is 3. The maximum Gasteiger partial charge on any atom is 0.302 e. The maximum atomic E-state index is 10.6. The number of esters is 1. The topological polar surface area (TPSA) is 87.0 Å². The van der Waals surface area contributed by atoms with Crippen LogP contribution in [0.1, 0.15) is 78.1 Å². The Labute approximate surface area is 170 Å². The first-order valence-electron chi connectivity index (χ1n) is 10.9. The molecule has 0 heterocycles. The molecular weight excluding hydrogens is 356 g/mol. The summed E-state index contributed by atoms with van der Waals surface area (Å²) < 4.78 is 4.82. The van der Waals surface area contributed by atoms with Gasteiger partial charge in [-0.05, 0) is 56.8 Å². The minimum absolute atomic E-state index is 0.0594. The lowest BCUT2D eigenvalue weighted by molar-refractivity contribution is -0.139. The SMILES string of the molecule is CCCCC[C@H](O)CC[C@@H]1[C@@H](C/C=C\CCC=CCOC(C)=O)[C@@H](O)C[C@H]1O.